The van der Waals surface area contributed by atoms with Gasteiger partial charge in [-0.15, -0.1) is 0 Å². The van der Waals surface area contributed by atoms with Crippen LogP contribution in [0.15, 0.2) is 24.3 Å². The third-order valence-corrected chi connectivity index (χ3v) is 5.55. The predicted octanol–water partition coefficient (Wildman–Crippen LogP) is 4.60. The molecule has 0 N–H and O–H groups in total. The summed E-state index contributed by atoms with van der Waals surface area (Å²) in [5.41, 5.74) is 0. The third-order valence-electron chi connectivity index (χ3n) is 5.55. The van der Waals surface area contributed by atoms with E-state index >= 15 is 0 Å². The number of ether oxygens (including phenoxy) is 1. The summed E-state index contributed by atoms with van der Waals surface area (Å²) >= 11 is 0. The van der Waals surface area contributed by atoms with Crippen molar-refractivity contribution >= 4 is 0 Å². The highest BCUT2D eigenvalue weighted by atomic mass is 16.5. The van der Waals surface area contributed by atoms with Crippen LogP contribution in [0.4, 0.5) is 0 Å². The molecule has 0 radical (unpaired) electrons. The summed E-state index contributed by atoms with van der Waals surface area (Å²) in [4.78, 5) is 0. The lowest BCUT2D eigenvalue weighted by atomic mass is 9.90. The van der Waals surface area contributed by atoms with Crippen LogP contribution in [-0.4, -0.2) is 13.2 Å². The van der Waals surface area contributed by atoms with Gasteiger partial charge >= 0.3 is 0 Å². The quantitative estimate of drug-likeness (QED) is 0.480. The van der Waals surface area contributed by atoms with Gasteiger partial charge in [0.05, 0.1) is 0 Å². The second-order valence-corrected chi connectivity index (χ2v) is 6.88. The van der Waals surface area contributed by atoms with Gasteiger partial charge in [-0.2, -0.15) is 0 Å². The maximum atomic E-state index is 5.89. The maximum absolute atomic E-state index is 5.89. The molecule has 5 unspecified atom stereocenters. The minimum absolute atomic E-state index is 0.796. The molecule has 0 aliphatic heterocycles. The molecule has 0 amide bonds. The van der Waals surface area contributed by atoms with Crippen LogP contribution in [0.1, 0.15) is 45.4 Å². The molecule has 0 aromatic carbocycles. The molecule has 3 aliphatic rings. The van der Waals surface area contributed by atoms with Crippen LogP contribution >= 0.6 is 0 Å². The maximum Gasteiger partial charge on any atom is 0.0468 e. The first-order valence-corrected chi connectivity index (χ1v) is 8.25. The molecule has 0 spiro atoms. The minimum atomic E-state index is 0.796. The Morgan fingerprint density at radius 1 is 1.16 bits per heavy atom. The van der Waals surface area contributed by atoms with Crippen molar-refractivity contribution in [1.82, 2.24) is 0 Å². The number of allylic oxidation sites excluding steroid dienone is 4. The average molecular weight is 260 g/mol. The van der Waals surface area contributed by atoms with Gasteiger partial charge in [0.2, 0.25) is 0 Å². The van der Waals surface area contributed by atoms with E-state index in [2.05, 4.69) is 31.2 Å². The van der Waals surface area contributed by atoms with Crippen molar-refractivity contribution in [1.29, 1.82) is 0 Å². The van der Waals surface area contributed by atoms with Gasteiger partial charge in [0, 0.05) is 13.2 Å². The van der Waals surface area contributed by atoms with Crippen LogP contribution in [0.5, 0.6) is 0 Å². The van der Waals surface area contributed by atoms with Gasteiger partial charge in [-0.1, -0.05) is 31.2 Å². The Morgan fingerprint density at radius 2 is 2.11 bits per heavy atom. The molecular weight excluding hydrogens is 232 g/mol. The Hall–Kier alpha value is -0.560. The summed E-state index contributed by atoms with van der Waals surface area (Å²) in [5, 5.41) is 0. The molecule has 5 atom stereocenters. The van der Waals surface area contributed by atoms with E-state index in [4.69, 9.17) is 4.74 Å². The van der Waals surface area contributed by atoms with Crippen LogP contribution in [-0.2, 0) is 4.74 Å². The molecule has 1 saturated carbocycles. The molecule has 3 aliphatic carbocycles. The molecule has 0 aromatic heterocycles. The summed E-state index contributed by atoms with van der Waals surface area (Å²) in [5.74, 6) is 4.33. The van der Waals surface area contributed by atoms with Crippen LogP contribution in [0.3, 0.4) is 0 Å². The van der Waals surface area contributed by atoms with Crippen molar-refractivity contribution in [3.05, 3.63) is 24.3 Å². The van der Waals surface area contributed by atoms with Gasteiger partial charge in [-0.3, -0.25) is 0 Å². The Bertz CT molecular complexity index is 344. The van der Waals surface area contributed by atoms with E-state index in [1.165, 1.54) is 38.5 Å². The second-order valence-electron chi connectivity index (χ2n) is 6.88. The van der Waals surface area contributed by atoms with Gasteiger partial charge < -0.3 is 4.74 Å². The van der Waals surface area contributed by atoms with Crippen LogP contribution in [0, 0.1) is 29.6 Å². The standard InChI is InChI=1S/C18H28O/c1-14(16-4-2-3-5-16)8-10-19-11-9-18-13-15-6-7-17(18)12-15/h2,4,6-7,14-18H,3,5,8-13H2,1H3. The van der Waals surface area contributed by atoms with Crippen molar-refractivity contribution < 1.29 is 4.74 Å². The number of hydrogen-bond acceptors (Lipinski definition) is 1. The molecule has 0 saturated heterocycles. The topological polar surface area (TPSA) is 9.23 Å². The Kier molecular flexibility index (Phi) is 4.42. The van der Waals surface area contributed by atoms with Crippen molar-refractivity contribution in [2.45, 2.75) is 45.4 Å². The molecule has 0 aromatic rings. The largest absolute Gasteiger partial charge is 0.381 e. The van der Waals surface area contributed by atoms with Gasteiger partial charge in [-0.25, -0.2) is 0 Å². The molecule has 1 heteroatoms. The van der Waals surface area contributed by atoms with E-state index in [-0.39, 0.29) is 0 Å². The fourth-order valence-electron chi connectivity index (χ4n) is 4.18. The number of fused-ring (bicyclic) bond motifs is 2. The molecule has 3 rings (SSSR count). The van der Waals surface area contributed by atoms with Gasteiger partial charge in [0.15, 0.2) is 0 Å². The van der Waals surface area contributed by atoms with Crippen molar-refractivity contribution in [3.8, 4) is 0 Å². The molecule has 2 bridgehead atoms. The van der Waals surface area contributed by atoms with Crippen molar-refractivity contribution in [2.24, 2.45) is 29.6 Å². The lowest BCUT2D eigenvalue weighted by Gasteiger charge is -2.19. The molecular formula is C18H28O. The predicted molar refractivity (Wildman–Crippen MR) is 79.9 cm³/mol. The highest BCUT2D eigenvalue weighted by molar-refractivity contribution is 5.09. The fraction of sp³-hybridized carbons (Fsp3) is 0.778. The summed E-state index contributed by atoms with van der Waals surface area (Å²) in [6, 6.07) is 0. The van der Waals surface area contributed by atoms with E-state index in [9.17, 15) is 0 Å². The number of rotatable bonds is 7. The SMILES string of the molecule is CC(CCOCCC1CC2C=CC1C2)C1C=CCC1. The zero-order valence-corrected chi connectivity index (χ0v) is 12.3. The molecule has 1 nitrogen and oxygen atoms in total. The van der Waals surface area contributed by atoms with E-state index in [1.807, 2.05) is 0 Å². The number of hydrogen-bond donors (Lipinski definition) is 0. The summed E-state index contributed by atoms with van der Waals surface area (Å²) in [7, 11) is 0. The highest BCUT2D eigenvalue weighted by Gasteiger charge is 2.34. The van der Waals surface area contributed by atoms with E-state index < -0.39 is 0 Å². The monoisotopic (exact) mass is 260 g/mol. The van der Waals surface area contributed by atoms with Crippen molar-refractivity contribution in [2.75, 3.05) is 13.2 Å². The first kappa shape index (κ1) is 13.4. The van der Waals surface area contributed by atoms with E-state index in [1.54, 1.807) is 0 Å². The summed E-state index contributed by atoms with van der Waals surface area (Å²) in [6.45, 7) is 4.32. The first-order chi connectivity index (χ1) is 9.33. The van der Waals surface area contributed by atoms with E-state index in [0.717, 1.165) is 42.8 Å². The zero-order chi connectivity index (χ0) is 13.1. The Morgan fingerprint density at radius 3 is 2.79 bits per heavy atom. The highest BCUT2D eigenvalue weighted by Crippen LogP contribution is 2.44. The van der Waals surface area contributed by atoms with Crippen LogP contribution < -0.4 is 0 Å². The summed E-state index contributed by atoms with van der Waals surface area (Å²) < 4.78 is 5.89. The van der Waals surface area contributed by atoms with Gasteiger partial charge in [0.25, 0.3) is 0 Å². The molecule has 1 fully saturated rings. The second kappa shape index (κ2) is 6.26. The van der Waals surface area contributed by atoms with Gasteiger partial charge in [0.1, 0.15) is 0 Å². The average Bonchev–Trinajstić information content (AvgIpc) is 3.15. The summed E-state index contributed by atoms with van der Waals surface area (Å²) in [6.07, 6.45) is 17.6. The smallest absolute Gasteiger partial charge is 0.0468 e. The normalized spacial score (nSPS) is 37.3. The van der Waals surface area contributed by atoms with Crippen LogP contribution in [0.2, 0.25) is 0 Å². The molecule has 19 heavy (non-hydrogen) atoms. The molecule has 106 valence electrons. The van der Waals surface area contributed by atoms with Crippen molar-refractivity contribution in [3.63, 3.8) is 0 Å². The van der Waals surface area contributed by atoms with Gasteiger partial charge in [-0.05, 0) is 68.1 Å². The first-order valence-electron chi connectivity index (χ1n) is 8.25. The lowest BCUT2D eigenvalue weighted by molar-refractivity contribution is 0.101. The zero-order valence-electron chi connectivity index (χ0n) is 12.3. The fourth-order valence-corrected chi connectivity index (χ4v) is 4.18. The third kappa shape index (κ3) is 3.31. The van der Waals surface area contributed by atoms with Crippen LogP contribution in [0.25, 0.3) is 0 Å². The van der Waals surface area contributed by atoms with E-state index in [0.29, 0.717) is 0 Å². The Labute approximate surface area is 118 Å². The minimum Gasteiger partial charge on any atom is -0.381 e. The Balaban J connectivity index is 1.25. The lowest BCUT2D eigenvalue weighted by Crippen LogP contribution is -2.13. The molecule has 0 heterocycles.